The summed E-state index contributed by atoms with van der Waals surface area (Å²) in [6.07, 6.45) is 0. The first-order valence-electron chi connectivity index (χ1n) is 10.6. The number of carbonyl (C=O) groups is 1. The topological polar surface area (TPSA) is 76.2 Å². The molecule has 3 aromatic rings. The molecule has 0 saturated carbocycles. The summed E-state index contributed by atoms with van der Waals surface area (Å²) in [6, 6.07) is 18.3. The average molecular weight is 503 g/mol. The third kappa shape index (κ3) is 5.29. The maximum absolute atomic E-state index is 13.4. The fourth-order valence-electron chi connectivity index (χ4n) is 3.56. The van der Waals surface area contributed by atoms with Gasteiger partial charge in [0, 0.05) is 31.8 Å². The third-order valence-electron chi connectivity index (χ3n) is 5.34. The molecule has 9 heteroatoms. The number of benzene rings is 3. The molecule has 0 aliphatic heterocycles. The lowest BCUT2D eigenvalue weighted by Gasteiger charge is -2.24. The Labute approximate surface area is 205 Å². The molecule has 0 saturated heterocycles. The number of para-hydroxylation sites is 1. The summed E-state index contributed by atoms with van der Waals surface area (Å²) >= 11 is 6.32. The highest BCUT2D eigenvalue weighted by Crippen LogP contribution is 2.29. The first-order valence-corrected chi connectivity index (χ1v) is 12.4. The number of hydrogen-bond acceptors (Lipinski definition) is 5. The molecule has 0 radical (unpaired) electrons. The van der Waals surface area contributed by atoms with Gasteiger partial charge >= 0.3 is 0 Å². The van der Waals surface area contributed by atoms with E-state index in [0.29, 0.717) is 17.2 Å². The molecule has 0 spiro atoms. The van der Waals surface area contributed by atoms with Crippen molar-refractivity contribution in [1.82, 2.24) is 4.90 Å². The van der Waals surface area contributed by atoms with Gasteiger partial charge in [0.1, 0.15) is 11.5 Å². The molecular weight excluding hydrogens is 476 g/mol. The van der Waals surface area contributed by atoms with Gasteiger partial charge in [-0.1, -0.05) is 29.8 Å². The second-order valence-electron chi connectivity index (χ2n) is 7.49. The van der Waals surface area contributed by atoms with E-state index in [-0.39, 0.29) is 28.6 Å². The van der Waals surface area contributed by atoms with Crippen molar-refractivity contribution in [2.45, 2.75) is 18.4 Å². The van der Waals surface area contributed by atoms with Crippen molar-refractivity contribution in [1.29, 1.82) is 0 Å². The van der Waals surface area contributed by atoms with E-state index in [4.69, 9.17) is 21.1 Å². The number of sulfonamides is 1. The highest BCUT2D eigenvalue weighted by molar-refractivity contribution is 7.92. The monoisotopic (exact) mass is 502 g/mol. The van der Waals surface area contributed by atoms with Crippen LogP contribution in [0.4, 0.5) is 5.69 Å². The summed E-state index contributed by atoms with van der Waals surface area (Å²) in [5.74, 6) is 0.792. The fourth-order valence-corrected chi connectivity index (χ4v) is 5.26. The van der Waals surface area contributed by atoms with Crippen LogP contribution in [-0.2, 0) is 16.6 Å². The molecule has 0 aliphatic carbocycles. The normalized spacial score (nSPS) is 11.1. The minimum absolute atomic E-state index is 0.0126. The summed E-state index contributed by atoms with van der Waals surface area (Å²) < 4.78 is 38.7. The zero-order chi connectivity index (χ0) is 24.9. The van der Waals surface area contributed by atoms with E-state index >= 15 is 0 Å². The van der Waals surface area contributed by atoms with Crippen LogP contribution in [0.2, 0.25) is 5.02 Å². The van der Waals surface area contributed by atoms with E-state index < -0.39 is 15.9 Å². The van der Waals surface area contributed by atoms with Crippen LogP contribution >= 0.6 is 11.6 Å². The number of methoxy groups -OCH3 is 2. The molecule has 0 aliphatic rings. The Kier molecular flexibility index (Phi) is 8.06. The van der Waals surface area contributed by atoms with Gasteiger partial charge in [0.15, 0.2) is 0 Å². The van der Waals surface area contributed by atoms with E-state index in [1.54, 1.807) is 57.5 Å². The van der Waals surface area contributed by atoms with Gasteiger partial charge in [-0.25, -0.2) is 8.42 Å². The van der Waals surface area contributed by atoms with E-state index in [9.17, 15) is 13.2 Å². The Morgan fingerprint density at radius 3 is 2.29 bits per heavy atom. The second-order valence-corrected chi connectivity index (χ2v) is 9.76. The second kappa shape index (κ2) is 10.8. The lowest BCUT2D eigenvalue weighted by Crippen LogP contribution is -2.31. The quantitative estimate of drug-likeness (QED) is 0.418. The van der Waals surface area contributed by atoms with Crippen LogP contribution in [0.25, 0.3) is 0 Å². The summed E-state index contributed by atoms with van der Waals surface area (Å²) in [5, 5.41) is 0.167. The predicted octanol–water partition coefficient (Wildman–Crippen LogP) is 4.84. The van der Waals surface area contributed by atoms with Crippen molar-refractivity contribution >= 4 is 33.2 Å². The smallest absolute Gasteiger partial charge is 0.264 e. The van der Waals surface area contributed by atoms with E-state index in [1.807, 2.05) is 12.1 Å². The molecule has 1 amide bonds. The molecule has 3 aromatic carbocycles. The zero-order valence-corrected chi connectivity index (χ0v) is 21.1. The minimum Gasteiger partial charge on any atom is -0.497 e. The molecule has 3 rings (SSSR count). The van der Waals surface area contributed by atoms with Gasteiger partial charge in [0.25, 0.3) is 15.9 Å². The van der Waals surface area contributed by atoms with Gasteiger partial charge in [0.05, 0.1) is 35.4 Å². The number of anilines is 1. The average Bonchev–Trinajstić information content (AvgIpc) is 2.84. The molecule has 0 bridgehead atoms. The number of nitrogens with zero attached hydrogens (tertiary/aromatic N) is 2. The molecule has 0 atom stereocenters. The Morgan fingerprint density at radius 2 is 1.68 bits per heavy atom. The molecule has 34 heavy (non-hydrogen) atoms. The molecule has 0 N–H and O–H groups in total. The van der Waals surface area contributed by atoms with Crippen molar-refractivity contribution in [3.63, 3.8) is 0 Å². The number of halogens is 1. The fraction of sp³-hybridized carbons (Fsp3) is 0.240. The van der Waals surface area contributed by atoms with Crippen LogP contribution in [-0.4, -0.2) is 47.0 Å². The Balaban J connectivity index is 1.92. The lowest BCUT2D eigenvalue weighted by atomic mass is 10.1. The molecule has 0 aromatic heterocycles. The minimum atomic E-state index is -3.91. The van der Waals surface area contributed by atoms with Gasteiger partial charge in [-0.05, 0) is 49.4 Å². The summed E-state index contributed by atoms with van der Waals surface area (Å²) in [6.45, 7) is 2.21. The van der Waals surface area contributed by atoms with Crippen molar-refractivity contribution in [3.8, 4) is 11.5 Å². The van der Waals surface area contributed by atoms with Gasteiger partial charge in [-0.15, -0.1) is 0 Å². The van der Waals surface area contributed by atoms with Gasteiger partial charge < -0.3 is 14.4 Å². The number of carbonyl (C=O) groups excluding carboxylic acids is 1. The molecule has 7 nitrogen and oxygen atoms in total. The van der Waals surface area contributed by atoms with Crippen LogP contribution in [0.1, 0.15) is 22.8 Å². The standard InChI is InChI=1S/C25H27ClN2O5S/c1-5-28(19-9-7-6-8-10-19)34(30,31)21-13-14-23(26)22(16-21)25(29)27(2)17-18-11-12-20(32-3)15-24(18)33-4/h6-16H,5,17H2,1-4H3. The molecule has 180 valence electrons. The van der Waals surface area contributed by atoms with E-state index in [1.165, 1.54) is 34.5 Å². The first kappa shape index (κ1) is 25.4. The van der Waals surface area contributed by atoms with Gasteiger partial charge in [0.2, 0.25) is 0 Å². The summed E-state index contributed by atoms with van der Waals surface area (Å²) in [4.78, 5) is 14.7. The van der Waals surface area contributed by atoms with Crippen molar-refractivity contribution < 1.29 is 22.7 Å². The number of ether oxygens (including phenoxy) is 2. The zero-order valence-electron chi connectivity index (χ0n) is 19.5. The highest BCUT2D eigenvalue weighted by Gasteiger charge is 2.26. The molecule has 0 unspecified atom stereocenters. The molecule has 0 fully saturated rings. The Bertz CT molecular complexity index is 1270. The van der Waals surface area contributed by atoms with Crippen molar-refractivity contribution in [2.75, 3.05) is 32.1 Å². The van der Waals surface area contributed by atoms with Crippen LogP contribution < -0.4 is 13.8 Å². The van der Waals surface area contributed by atoms with E-state index in [0.717, 1.165) is 5.56 Å². The van der Waals surface area contributed by atoms with Crippen LogP contribution in [0.3, 0.4) is 0 Å². The lowest BCUT2D eigenvalue weighted by molar-refractivity contribution is 0.0784. The van der Waals surface area contributed by atoms with Crippen LogP contribution in [0.15, 0.2) is 71.6 Å². The maximum atomic E-state index is 13.4. The molecular formula is C25H27ClN2O5S. The highest BCUT2D eigenvalue weighted by atomic mass is 35.5. The van der Waals surface area contributed by atoms with Crippen LogP contribution in [0, 0.1) is 0 Å². The third-order valence-corrected chi connectivity index (χ3v) is 7.56. The number of rotatable bonds is 9. The Morgan fingerprint density at radius 1 is 0.971 bits per heavy atom. The summed E-state index contributed by atoms with van der Waals surface area (Å²) in [5.41, 5.74) is 1.40. The van der Waals surface area contributed by atoms with Crippen molar-refractivity contribution in [3.05, 3.63) is 82.9 Å². The largest absolute Gasteiger partial charge is 0.497 e. The first-order chi connectivity index (χ1) is 16.2. The number of hydrogen-bond donors (Lipinski definition) is 0. The summed E-state index contributed by atoms with van der Waals surface area (Å²) in [7, 11) is 0.806. The van der Waals surface area contributed by atoms with Crippen LogP contribution in [0.5, 0.6) is 11.5 Å². The van der Waals surface area contributed by atoms with E-state index in [2.05, 4.69) is 0 Å². The van der Waals surface area contributed by atoms with Gasteiger partial charge in [-0.3, -0.25) is 9.10 Å². The van der Waals surface area contributed by atoms with Crippen molar-refractivity contribution in [2.24, 2.45) is 0 Å². The SMILES string of the molecule is CCN(c1ccccc1)S(=O)(=O)c1ccc(Cl)c(C(=O)N(C)Cc2ccc(OC)cc2OC)c1. The number of amides is 1. The van der Waals surface area contributed by atoms with Gasteiger partial charge in [-0.2, -0.15) is 0 Å². The molecule has 0 heterocycles. The Hall–Kier alpha value is -3.23. The maximum Gasteiger partial charge on any atom is 0.264 e. The predicted molar refractivity (Wildman–Crippen MR) is 133 cm³/mol.